The molecule has 0 saturated carbocycles. The maximum absolute atomic E-state index is 11.3. The molecule has 4 heteroatoms. The Morgan fingerprint density at radius 2 is 1.67 bits per heavy atom. The molecule has 0 bridgehead atoms. The Bertz CT molecular complexity index is 215. The van der Waals surface area contributed by atoms with Gasteiger partial charge in [0.25, 0.3) is 0 Å². The van der Waals surface area contributed by atoms with Crippen molar-refractivity contribution in [3.05, 3.63) is 6.42 Å². The van der Waals surface area contributed by atoms with Crippen LogP contribution < -0.4 is 0 Å². The summed E-state index contributed by atoms with van der Waals surface area (Å²) in [5.41, 5.74) is -0.492. The molecular weight excluding hydrogens is 196 g/mol. The van der Waals surface area contributed by atoms with Crippen LogP contribution in [0.5, 0.6) is 0 Å². The average molecular weight is 215 g/mol. The predicted molar refractivity (Wildman–Crippen MR) is 56.0 cm³/mol. The summed E-state index contributed by atoms with van der Waals surface area (Å²) in [5.74, 6) is -0.519. The van der Waals surface area contributed by atoms with Gasteiger partial charge in [0.2, 0.25) is 0 Å². The molecule has 0 aliphatic rings. The van der Waals surface area contributed by atoms with Crippen LogP contribution in [0.15, 0.2) is 0 Å². The molecule has 0 aliphatic heterocycles. The van der Waals surface area contributed by atoms with Crippen molar-refractivity contribution in [1.82, 2.24) is 0 Å². The third-order valence-electron chi connectivity index (χ3n) is 1.60. The number of hydrogen-bond acceptors (Lipinski definition) is 4. The highest BCUT2D eigenvalue weighted by Crippen LogP contribution is 2.14. The molecule has 0 saturated heterocycles. The molecule has 0 aromatic heterocycles. The summed E-state index contributed by atoms with van der Waals surface area (Å²) in [5, 5.41) is 0. The van der Waals surface area contributed by atoms with Crippen LogP contribution in [0.4, 0.5) is 0 Å². The lowest BCUT2D eigenvalue weighted by atomic mass is 9.97. The van der Waals surface area contributed by atoms with Gasteiger partial charge in [-0.3, -0.25) is 9.59 Å². The monoisotopic (exact) mass is 215 g/mol. The summed E-state index contributed by atoms with van der Waals surface area (Å²) in [7, 11) is 0. The molecule has 0 atom stereocenters. The van der Waals surface area contributed by atoms with E-state index >= 15 is 0 Å². The summed E-state index contributed by atoms with van der Waals surface area (Å²) in [4.78, 5) is 22.0. The highest BCUT2D eigenvalue weighted by Gasteiger charge is 2.22. The zero-order valence-electron chi connectivity index (χ0n) is 9.83. The summed E-state index contributed by atoms with van der Waals surface area (Å²) < 4.78 is 9.71. The summed E-state index contributed by atoms with van der Waals surface area (Å²) in [6.07, 6.45) is 1.97. The van der Waals surface area contributed by atoms with Crippen molar-refractivity contribution >= 4 is 11.9 Å². The highest BCUT2D eigenvalue weighted by molar-refractivity contribution is 5.75. The Hall–Kier alpha value is -1.06. The Balaban J connectivity index is 3.48. The first-order valence-corrected chi connectivity index (χ1v) is 5.02. The molecule has 0 aromatic rings. The molecule has 0 aliphatic carbocycles. The Morgan fingerprint density at radius 1 is 1.13 bits per heavy atom. The fraction of sp³-hybridized carbons (Fsp3) is 0.727. The first-order valence-electron chi connectivity index (χ1n) is 5.02. The molecule has 1 radical (unpaired) electrons. The van der Waals surface area contributed by atoms with Gasteiger partial charge in [-0.2, -0.15) is 0 Å². The Kier molecular flexibility index (Phi) is 5.97. The molecule has 0 heterocycles. The van der Waals surface area contributed by atoms with Crippen molar-refractivity contribution in [2.45, 2.75) is 34.1 Å². The van der Waals surface area contributed by atoms with E-state index in [0.717, 1.165) is 0 Å². The van der Waals surface area contributed by atoms with E-state index in [4.69, 9.17) is 9.47 Å². The quantitative estimate of drug-likeness (QED) is 0.517. The second-order valence-electron chi connectivity index (χ2n) is 4.17. The van der Waals surface area contributed by atoms with E-state index in [1.807, 2.05) is 0 Å². The van der Waals surface area contributed by atoms with Crippen molar-refractivity contribution in [3.63, 3.8) is 0 Å². The minimum absolute atomic E-state index is 0.174. The molecule has 0 unspecified atom stereocenters. The molecule has 0 N–H and O–H groups in total. The van der Waals surface area contributed by atoms with Crippen molar-refractivity contribution in [2.24, 2.45) is 5.41 Å². The fourth-order valence-electron chi connectivity index (χ4n) is 0.653. The van der Waals surface area contributed by atoms with E-state index in [9.17, 15) is 9.59 Å². The van der Waals surface area contributed by atoms with Crippen LogP contribution in [0, 0.1) is 11.8 Å². The van der Waals surface area contributed by atoms with E-state index in [0.29, 0.717) is 6.42 Å². The summed E-state index contributed by atoms with van der Waals surface area (Å²) in [6, 6.07) is 0. The van der Waals surface area contributed by atoms with Crippen molar-refractivity contribution in [1.29, 1.82) is 0 Å². The second kappa shape index (κ2) is 6.43. The first kappa shape index (κ1) is 13.9. The van der Waals surface area contributed by atoms with E-state index in [1.54, 1.807) is 34.1 Å². The molecule has 0 amide bonds. The lowest BCUT2D eigenvalue weighted by Crippen LogP contribution is -2.23. The molecule has 0 spiro atoms. The fourth-order valence-corrected chi connectivity index (χ4v) is 0.653. The normalized spacial score (nSPS) is 10.9. The van der Waals surface area contributed by atoms with Gasteiger partial charge in [-0.1, -0.05) is 6.92 Å². The molecule has 0 rings (SSSR count). The van der Waals surface area contributed by atoms with E-state index < -0.39 is 5.41 Å². The van der Waals surface area contributed by atoms with Gasteiger partial charge in [0.15, 0.2) is 0 Å². The van der Waals surface area contributed by atoms with Crippen LogP contribution in [-0.4, -0.2) is 25.2 Å². The number of rotatable bonds is 5. The topological polar surface area (TPSA) is 52.6 Å². The van der Waals surface area contributed by atoms with Gasteiger partial charge in [0.1, 0.15) is 0 Å². The third kappa shape index (κ3) is 6.94. The molecular formula is C11H19O4. The maximum atomic E-state index is 11.3. The smallest absolute Gasteiger partial charge is 0.311 e. The van der Waals surface area contributed by atoms with E-state index in [1.165, 1.54) is 0 Å². The highest BCUT2D eigenvalue weighted by atomic mass is 16.5. The second-order valence-corrected chi connectivity index (χ2v) is 4.17. The van der Waals surface area contributed by atoms with E-state index in [-0.39, 0.29) is 25.2 Å². The zero-order chi connectivity index (χ0) is 11.9. The summed E-state index contributed by atoms with van der Waals surface area (Å²) >= 11 is 0. The zero-order valence-corrected chi connectivity index (χ0v) is 9.83. The first-order chi connectivity index (χ1) is 6.88. The largest absolute Gasteiger partial charge is 0.465 e. The van der Waals surface area contributed by atoms with Gasteiger partial charge in [-0.25, -0.2) is 0 Å². The number of ether oxygens (including phenoxy) is 2. The number of hydrogen-bond donors (Lipinski definition) is 0. The minimum Gasteiger partial charge on any atom is -0.465 e. The molecule has 87 valence electrons. The van der Waals surface area contributed by atoms with Gasteiger partial charge < -0.3 is 9.47 Å². The van der Waals surface area contributed by atoms with Crippen molar-refractivity contribution in [2.75, 3.05) is 13.2 Å². The van der Waals surface area contributed by atoms with Crippen molar-refractivity contribution in [3.8, 4) is 0 Å². The van der Waals surface area contributed by atoms with Crippen LogP contribution in [0.3, 0.4) is 0 Å². The van der Waals surface area contributed by atoms with Crippen LogP contribution in [0.2, 0.25) is 0 Å². The number of carbonyl (C=O) groups is 2. The third-order valence-corrected chi connectivity index (χ3v) is 1.60. The maximum Gasteiger partial charge on any atom is 0.311 e. The Labute approximate surface area is 90.9 Å². The van der Waals surface area contributed by atoms with Gasteiger partial charge in [-0.05, 0) is 20.8 Å². The van der Waals surface area contributed by atoms with Crippen molar-refractivity contribution < 1.29 is 19.1 Å². The average Bonchev–Trinajstić information content (AvgIpc) is 2.15. The predicted octanol–water partition coefficient (Wildman–Crippen LogP) is 1.73. The lowest BCUT2D eigenvalue weighted by Gasteiger charge is -2.16. The van der Waals surface area contributed by atoms with Crippen LogP contribution in [0.25, 0.3) is 0 Å². The Morgan fingerprint density at radius 3 is 2.13 bits per heavy atom. The lowest BCUT2D eigenvalue weighted by molar-refractivity contribution is -0.152. The SMILES string of the molecule is CCC(=O)OC[CH]COC(=O)C(C)(C)C. The van der Waals surface area contributed by atoms with Gasteiger partial charge in [-0.15, -0.1) is 0 Å². The molecule has 15 heavy (non-hydrogen) atoms. The standard InChI is InChI=1S/C11H19O4/c1-5-9(12)14-7-6-8-15-10(13)11(2,3)4/h6H,5,7-8H2,1-4H3. The van der Waals surface area contributed by atoms with Crippen LogP contribution >= 0.6 is 0 Å². The van der Waals surface area contributed by atoms with E-state index in [2.05, 4.69) is 0 Å². The molecule has 0 aromatic carbocycles. The summed E-state index contributed by atoms with van der Waals surface area (Å²) in [6.45, 7) is 7.44. The molecule has 4 nitrogen and oxygen atoms in total. The van der Waals surface area contributed by atoms with Gasteiger partial charge in [0.05, 0.1) is 18.6 Å². The van der Waals surface area contributed by atoms with Gasteiger partial charge >= 0.3 is 11.9 Å². The van der Waals surface area contributed by atoms with Crippen LogP contribution in [0.1, 0.15) is 34.1 Å². The van der Waals surface area contributed by atoms with Crippen LogP contribution in [-0.2, 0) is 19.1 Å². The minimum atomic E-state index is -0.492. The number of esters is 2. The molecule has 0 fully saturated rings. The van der Waals surface area contributed by atoms with Gasteiger partial charge in [0, 0.05) is 12.8 Å². The number of carbonyl (C=O) groups excluding carboxylic acids is 2.